The SMILES string of the molecule is CC(C)NC(N)=NC(C)C1CC2CCC1C2. The van der Waals surface area contributed by atoms with E-state index in [0.717, 1.165) is 17.8 Å². The zero-order valence-corrected chi connectivity index (χ0v) is 10.7. The van der Waals surface area contributed by atoms with Crippen molar-refractivity contribution in [3.05, 3.63) is 0 Å². The molecule has 0 saturated heterocycles. The number of fused-ring (bicyclic) bond motifs is 2. The first-order chi connectivity index (χ1) is 7.56. The van der Waals surface area contributed by atoms with Crippen LogP contribution in [0, 0.1) is 17.8 Å². The van der Waals surface area contributed by atoms with Gasteiger partial charge < -0.3 is 11.1 Å². The lowest BCUT2D eigenvalue weighted by Crippen LogP contribution is -2.38. The normalized spacial score (nSPS) is 35.8. The predicted molar refractivity (Wildman–Crippen MR) is 68.3 cm³/mol. The molecule has 2 fully saturated rings. The standard InChI is InChI=1S/C13H25N3/c1-8(2)15-13(14)16-9(3)12-7-10-4-5-11(12)6-10/h8-12H,4-7H2,1-3H3,(H3,14,15,16). The fraction of sp³-hybridized carbons (Fsp3) is 0.923. The summed E-state index contributed by atoms with van der Waals surface area (Å²) in [4.78, 5) is 4.60. The van der Waals surface area contributed by atoms with Gasteiger partial charge >= 0.3 is 0 Å². The predicted octanol–water partition coefficient (Wildman–Crippen LogP) is 2.12. The van der Waals surface area contributed by atoms with Crippen LogP contribution in [0.25, 0.3) is 0 Å². The number of hydrogen-bond acceptors (Lipinski definition) is 1. The topological polar surface area (TPSA) is 50.4 Å². The molecule has 3 N–H and O–H groups in total. The minimum absolute atomic E-state index is 0.371. The quantitative estimate of drug-likeness (QED) is 0.569. The summed E-state index contributed by atoms with van der Waals surface area (Å²) in [6.07, 6.45) is 5.70. The number of rotatable bonds is 3. The van der Waals surface area contributed by atoms with Crippen LogP contribution < -0.4 is 11.1 Å². The average Bonchev–Trinajstić information content (AvgIpc) is 2.76. The van der Waals surface area contributed by atoms with Crippen LogP contribution in [-0.4, -0.2) is 18.0 Å². The van der Waals surface area contributed by atoms with Crippen molar-refractivity contribution in [2.75, 3.05) is 0 Å². The lowest BCUT2D eigenvalue weighted by Gasteiger charge is -2.25. The Labute approximate surface area is 98.9 Å². The van der Waals surface area contributed by atoms with E-state index in [1.165, 1.54) is 25.7 Å². The van der Waals surface area contributed by atoms with Gasteiger partial charge in [-0.25, -0.2) is 0 Å². The molecular weight excluding hydrogens is 198 g/mol. The van der Waals surface area contributed by atoms with Gasteiger partial charge in [-0.1, -0.05) is 6.42 Å². The zero-order chi connectivity index (χ0) is 11.7. The van der Waals surface area contributed by atoms with Crippen LogP contribution in [0.5, 0.6) is 0 Å². The Bertz CT molecular complexity index is 272. The van der Waals surface area contributed by atoms with Crippen LogP contribution in [-0.2, 0) is 0 Å². The van der Waals surface area contributed by atoms with E-state index < -0.39 is 0 Å². The largest absolute Gasteiger partial charge is 0.370 e. The fourth-order valence-corrected chi connectivity index (χ4v) is 3.53. The monoisotopic (exact) mass is 223 g/mol. The Kier molecular flexibility index (Phi) is 3.41. The minimum atomic E-state index is 0.371. The molecule has 0 aromatic carbocycles. The molecule has 0 aromatic rings. The van der Waals surface area contributed by atoms with E-state index in [9.17, 15) is 0 Å². The average molecular weight is 223 g/mol. The van der Waals surface area contributed by atoms with Crippen molar-refractivity contribution < 1.29 is 0 Å². The summed E-state index contributed by atoms with van der Waals surface area (Å²) in [5.41, 5.74) is 5.88. The third-order valence-corrected chi connectivity index (χ3v) is 4.19. The van der Waals surface area contributed by atoms with E-state index in [1.807, 2.05) is 0 Å². The second-order valence-corrected chi connectivity index (χ2v) is 5.89. The maximum atomic E-state index is 5.88. The third kappa shape index (κ3) is 2.50. The van der Waals surface area contributed by atoms with Gasteiger partial charge in [-0.3, -0.25) is 4.99 Å². The molecule has 2 saturated carbocycles. The first-order valence-electron chi connectivity index (χ1n) is 6.66. The Hall–Kier alpha value is -0.730. The van der Waals surface area contributed by atoms with Gasteiger partial charge in [-0.15, -0.1) is 0 Å². The van der Waals surface area contributed by atoms with E-state index in [-0.39, 0.29) is 0 Å². The van der Waals surface area contributed by atoms with E-state index in [2.05, 4.69) is 31.1 Å². The van der Waals surface area contributed by atoms with Crippen LogP contribution in [0.3, 0.4) is 0 Å². The number of aliphatic imine (C=N–C) groups is 1. The van der Waals surface area contributed by atoms with Crippen molar-refractivity contribution in [3.8, 4) is 0 Å². The molecule has 2 bridgehead atoms. The van der Waals surface area contributed by atoms with E-state index in [0.29, 0.717) is 18.0 Å². The molecule has 3 heteroatoms. The molecule has 0 aliphatic heterocycles. The molecule has 16 heavy (non-hydrogen) atoms. The summed E-state index contributed by atoms with van der Waals surface area (Å²) < 4.78 is 0. The summed E-state index contributed by atoms with van der Waals surface area (Å²) in [7, 11) is 0. The maximum absolute atomic E-state index is 5.88. The Morgan fingerprint density at radius 2 is 2.00 bits per heavy atom. The molecule has 2 aliphatic carbocycles. The lowest BCUT2D eigenvalue weighted by molar-refractivity contribution is 0.293. The summed E-state index contributed by atoms with van der Waals surface area (Å²) in [6.45, 7) is 6.40. The second kappa shape index (κ2) is 4.64. The number of guanidine groups is 1. The van der Waals surface area contributed by atoms with Crippen LogP contribution in [0.4, 0.5) is 0 Å². The highest BCUT2D eigenvalue weighted by Gasteiger charge is 2.41. The van der Waals surface area contributed by atoms with Gasteiger partial charge in [0.25, 0.3) is 0 Å². The summed E-state index contributed by atoms with van der Waals surface area (Å²) >= 11 is 0. The van der Waals surface area contributed by atoms with Crippen LogP contribution in [0.1, 0.15) is 46.5 Å². The van der Waals surface area contributed by atoms with E-state index in [1.54, 1.807) is 0 Å². The van der Waals surface area contributed by atoms with Gasteiger partial charge in [0.2, 0.25) is 0 Å². The van der Waals surface area contributed by atoms with Gasteiger partial charge in [0.05, 0.1) is 6.04 Å². The van der Waals surface area contributed by atoms with Gasteiger partial charge in [0.15, 0.2) is 5.96 Å². The molecular formula is C13H25N3. The molecule has 0 spiro atoms. The molecule has 3 nitrogen and oxygen atoms in total. The highest BCUT2D eigenvalue weighted by Crippen LogP contribution is 2.49. The highest BCUT2D eigenvalue weighted by molar-refractivity contribution is 5.78. The smallest absolute Gasteiger partial charge is 0.189 e. The van der Waals surface area contributed by atoms with Gasteiger partial charge in [0, 0.05) is 6.04 Å². The van der Waals surface area contributed by atoms with Gasteiger partial charge in [0.1, 0.15) is 0 Å². The molecule has 0 heterocycles. The Balaban J connectivity index is 1.90. The first kappa shape index (κ1) is 11.7. The number of nitrogens with two attached hydrogens (primary N) is 1. The zero-order valence-electron chi connectivity index (χ0n) is 10.7. The molecule has 4 unspecified atom stereocenters. The molecule has 2 aliphatic rings. The molecule has 92 valence electrons. The third-order valence-electron chi connectivity index (χ3n) is 4.19. The molecule has 2 rings (SSSR count). The van der Waals surface area contributed by atoms with Crippen LogP contribution >= 0.6 is 0 Å². The van der Waals surface area contributed by atoms with Crippen molar-refractivity contribution >= 4 is 5.96 Å². The highest BCUT2D eigenvalue weighted by atomic mass is 15.1. The molecule has 4 atom stereocenters. The molecule has 0 radical (unpaired) electrons. The van der Waals surface area contributed by atoms with Crippen molar-refractivity contribution in [1.29, 1.82) is 0 Å². The van der Waals surface area contributed by atoms with Crippen LogP contribution in [0.2, 0.25) is 0 Å². The Morgan fingerprint density at radius 1 is 1.25 bits per heavy atom. The van der Waals surface area contributed by atoms with Crippen molar-refractivity contribution in [2.45, 2.75) is 58.5 Å². The summed E-state index contributed by atoms with van der Waals surface area (Å²) in [5, 5.41) is 3.17. The first-order valence-corrected chi connectivity index (χ1v) is 6.66. The van der Waals surface area contributed by atoms with Crippen molar-refractivity contribution in [2.24, 2.45) is 28.5 Å². The van der Waals surface area contributed by atoms with E-state index in [4.69, 9.17) is 5.73 Å². The number of nitrogens with one attached hydrogen (secondary N) is 1. The van der Waals surface area contributed by atoms with Crippen LogP contribution in [0.15, 0.2) is 4.99 Å². The fourth-order valence-electron chi connectivity index (χ4n) is 3.53. The van der Waals surface area contributed by atoms with Gasteiger partial charge in [-0.05, 0) is 57.8 Å². The second-order valence-electron chi connectivity index (χ2n) is 5.89. The maximum Gasteiger partial charge on any atom is 0.189 e. The number of hydrogen-bond donors (Lipinski definition) is 2. The van der Waals surface area contributed by atoms with E-state index >= 15 is 0 Å². The minimum Gasteiger partial charge on any atom is -0.370 e. The number of nitrogens with zero attached hydrogens (tertiary/aromatic N) is 1. The molecule has 0 amide bonds. The van der Waals surface area contributed by atoms with Crippen molar-refractivity contribution in [3.63, 3.8) is 0 Å². The Morgan fingerprint density at radius 3 is 2.50 bits per heavy atom. The van der Waals surface area contributed by atoms with Crippen molar-refractivity contribution in [1.82, 2.24) is 5.32 Å². The summed E-state index contributed by atoms with van der Waals surface area (Å²) in [5.74, 6) is 3.32. The molecule has 0 aromatic heterocycles. The summed E-state index contributed by atoms with van der Waals surface area (Å²) in [6, 6.07) is 0.762. The lowest BCUT2D eigenvalue weighted by atomic mass is 9.84. The van der Waals surface area contributed by atoms with Gasteiger partial charge in [-0.2, -0.15) is 0 Å².